The molecular formula is C14H16O. The summed E-state index contributed by atoms with van der Waals surface area (Å²) in [6, 6.07) is 10.3. The van der Waals surface area contributed by atoms with Crippen LogP contribution in [0.25, 0.3) is 10.8 Å². The molecular weight excluding hydrogens is 184 g/mol. The number of rotatable bonds is 1. The highest BCUT2D eigenvalue weighted by atomic mass is 16.3. The first-order valence-electron chi connectivity index (χ1n) is 5.32. The van der Waals surface area contributed by atoms with Crippen molar-refractivity contribution in [3.63, 3.8) is 0 Å². The number of aryl methyl sites for hydroxylation is 1. The van der Waals surface area contributed by atoms with Gasteiger partial charge in [-0.25, -0.2) is 0 Å². The molecule has 0 amide bonds. The minimum atomic E-state index is 0.412. The van der Waals surface area contributed by atoms with Gasteiger partial charge in [0.2, 0.25) is 0 Å². The van der Waals surface area contributed by atoms with Crippen molar-refractivity contribution in [1.29, 1.82) is 0 Å². The Kier molecular flexibility index (Phi) is 2.39. The monoisotopic (exact) mass is 200 g/mol. The maximum absolute atomic E-state index is 9.96. The zero-order valence-electron chi connectivity index (χ0n) is 9.41. The van der Waals surface area contributed by atoms with Gasteiger partial charge in [0.15, 0.2) is 0 Å². The standard InChI is InChI=1S/C14H16O/c1-9(2)12-7-6-11-5-4-10(3)14(15)13(11)8-12/h4-9,15H,1-3H3. The summed E-state index contributed by atoms with van der Waals surface area (Å²) in [5.74, 6) is 0.907. The molecule has 0 aromatic heterocycles. The van der Waals surface area contributed by atoms with E-state index in [4.69, 9.17) is 0 Å². The molecule has 1 nitrogen and oxygen atoms in total. The molecule has 0 bridgehead atoms. The number of aromatic hydroxyl groups is 1. The first kappa shape index (κ1) is 10.0. The predicted molar refractivity (Wildman–Crippen MR) is 64.4 cm³/mol. The number of hydrogen-bond donors (Lipinski definition) is 1. The van der Waals surface area contributed by atoms with E-state index in [2.05, 4.69) is 38.1 Å². The van der Waals surface area contributed by atoms with Crippen LogP contribution in [0.5, 0.6) is 5.75 Å². The molecule has 0 atom stereocenters. The molecule has 0 aliphatic carbocycles. The van der Waals surface area contributed by atoms with Gasteiger partial charge in [0.1, 0.15) is 5.75 Å². The van der Waals surface area contributed by atoms with E-state index in [0.29, 0.717) is 11.7 Å². The Bertz CT molecular complexity index is 498. The van der Waals surface area contributed by atoms with Gasteiger partial charge < -0.3 is 5.11 Å². The van der Waals surface area contributed by atoms with Crippen LogP contribution in [0.2, 0.25) is 0 Å². The van der Waals surface area contributed by atoms with Crippen LogP contribution in [0.1, 0.15) is 30.9 Å². The molecule has 2 aromatic rings. The fraction of sp³-hybridized carbons (Fsp3) is 0.286. The van der Waals surface area contributed by atoms with Crippen molar-refractivity contribution < 1.29 is 5.11 Å². The Morgan fingerprint density at radius 1 is 1.07 bits per heavy atom. The zero-order valence-corrected chi connectivity index (χ0v) is 9.41. The maximum atomic E-state index is 9.96. The number of phenols is 1. The molecule has 0 aliphatic rings. The Morgan fingerprint density at radius 2 is 1.73 bits per heavy atom. The third-order valence-electron chi connectivity index (χ3n) is 2.89. The van der Waals surface area contributed by atoms with E-state index in [-0.39, 0.29) is 0 Å². The Morgan fingerprint density at radius 3 is 2.40 bits per heavy atom. The molecule has 15 heavy (non-hydrogen) atoms. The largest absolute Gasteiger partial charge is 0.507 e. The lowest BCUT2D eigenvalue weighted by molar-refractivity contribution is 0.477. The van der Waals surface area contributed by atoms with Gasteiger partial charge in [-0.15, -0.1) is 0 Å². The Hall–Kier alpha value is -1.50. The fourth-order valence-electron chi connectivity index (χ4n) is 1.79. The third-order valence-corrected chi connectivity index (χ3v) is 2.89. The van der Waals surface area contributed by atoms with Crippen molar-refractivity contribution in [1.82, 2.24) is 0 Å². The van der Waals surface area contributed by atoms with Crippen LogP contribution in [-0.4, -0.2) is 5.11 Å². The molecule has 78 valence electrons. The second kappa shape index (κ2) is 3.58. The first-order chi connectivity index (χ1) is 7.09. The van der Waals surface area contributed by atoms with Crippen LogP contribution in [0.4, 0.5) is 0 Å². The average molecular weight is 200 g/mol. The number of hydrogen-bond acceptors (Lipinski definition) is 1. The summed E-state index contributed by atoms with van der Waals surface area (Å²) < 4.78 is 0. The van der Waals surface area contributed by atoms with Crippen LogP contribution < -0.4 is 0 Å². The van der Waals surface area contributed by atoms with Crippen molar-refractivity contribution in [2.75, 3.05) is 0 Å². The molecule has 0 saturated carbocycles. The van der Waals surface area contributed by atoms with Crippen molar-refractivity contribution in [2.24, 2.45) is 0 Å². The minimum absolute atomic E-state index is 0.412. The summed E-state index contributed by atoms with van der Waals surface area (Å²) in [6.07, 6.45) is 0. The van der Waals surface area contributed by atoms with E-state index >= 15 is 0 Å². The highest BCUT2D eigenvalue weighted by Crippen LogP contribution is 2.30. The number of phenolic OH excluding ortho intramolecular Hbond substituents is 1. The molecule has 2 rings (SSSR count). The van der Waals surface area contributed by atoms with E-state index in [1.54, 1.807) is 0 Å². The van der Waals surface area contributed by atoms with E-state index in [1.165, 1.54) is 5.56 Å². The average Bonchev–Trinajstić information content (AvgIpc) is 2.23. The van der Waals surface area contributed by atoms with Crippen LogP contribution in [0, 0.1) is 6.92 Å². The van der Waals surface area contributed by atoms with Gasteiger partial charge in [-0.3, -0.25) is 0 Å². The van der Waals surface area contributed by atoms with Crippen molar-refractivity contribution in [3.8, 4) is 5.75 Å². The van der Waals surface area contributed by atoms with Gasteiger partial charge >= 0.3 is 0 Å². The molecule has 0 saturated heterocycles. The molecule has 0 radical (unpaired) electrons. The summed E-state index contributed by atoms with van der Waals surface area (Å²) in [6.45, 7) is 6.25. The van der Waals surface area contributed by atoms with Crippen molar-refractivity contribution in [2.45, 2.75) is 26.7 Å². The SMILES string of the molecule is Cc1ccc2ccc(C(C)C)cc2c1O. The fourth-order valence-corrected chi connectivity index (χ4v) is 1.79. The lowest BCUT2D eigenvalue weighted by atomic mass is 9.98. The molecule has 2 aromatic carbocycles. The normalized spacial score (nSPS) is 11.2. The van der Waals surface area contributed by atoms with Gasteiger partial charge in [-0.05, 0) is 35.4 Å². The van der Waals surface area contributed by atoms with Gasteiger partial charge in [-0.2, -0.15) is 0 Å². The Balaban J connectivity index is 2.73. The van der Waals surface area contributed by atoms with E-state index < -0.39 is 0 Å². The van der Waals surface area contributed by atoms with E-state index in [9.17, 15) is 5.11 Å². The Labute approximate surface area is 90.4 Å². The molecule has 1 heteroatoms. The predicted octanol–water partition coefficient (Wildman–Crippen LogP) is 3.98. The topological polar surface area (TPSA) is 20.2 Å². The lowest BCUT2D eigenvalue weighted by Crippen LogP contribution is -1.87. The molecule has 0 unspecified atom stereocenters. The quantitative estimate of drug-likeness (QED) is 0.738. The highest BCUT2D eigenvalue weighted by Gasteiger charge is 2.05. The van der Waals surface area contributed by atoms with E-state index in [1.807, 2.05) is 13.0 Å². The molecule has 1 N–H and O–H groups in total. The zero-order chi connectivity index (χ0) is 11.0. The maximum Gasteiger partial charge on any atom is 0.126 e. The van der Waals surface area contributed by atoms with Crippen LogP contribution in [-0.2, 0) is 0 Å². The van der Waals surface area contributed by atoms with Gasteiger partial charge in [0.05, 0.1) is 0 Å². The molecule has 0 aliphatic heterocycles. The molecule has 0 spiro atoms. The first-order valence-corrected chi connectivity index (χ1v) is 5.32. The molecule has 0 heterocycles. The summed E-state index contributed by atoms with van der Waals surface area (Å²) >= 11 is 0. The van der Waals surface area contributed by atoms with Gasteiger partial charge in [0, 0.05) is 5.39 Å². The molecule has 0 fully saturated rings. The second-order valence-electron chi connectivity index (χ2n) is 4.37. The second-order valence-corrected chi connectivity index (χ2v) is 4.37. The van der Waals surface area contributed by atoms with Crippen molar-refractivity contribution in [3.05, 3.63) is 41.5 Å². The van der Waals surface area contributed by atoms with Gasteiger partial charge in [0.25, 0.3) is 0 Å². The van der Waals surface area contributed by atoms with Crippen LogP contribution >= 0.6 is 0 Å². The van der Waals surface area contributed by atoms with Crippen LogP contribution in [0.15, 0.2) is 30.3 Å². The number of benzene rings is 2. The highest BCUT2D eigenvalue weighted by molar-refractivity contribution is 5.89. The number of fused-ring (bicyclic) bond motifs is 1. The minimum Gasteiger partial charge on any atom is -0.507 e. The summed E-state index contributed by atoms with van der Waals surface area (Å²) in [7, 11) is 0. The summed E-state index contributed by atoms with van der Waals surface area (Å²) in [4.78, 5) is 0. The summed E-state index contributed by atoms with van der Waals surface area (Å²) in [5, 5.41) is 12.0. The van der Waals surface area contributed by atoms with Gasteiger partial charge in [-0.1, -0.05) is 38.1 Å². The smallest absolute Gasteiger partial charge is 0.126 e. The van der Waals surface area contributed by atoms with Crippen LogP contribution in [0.3, 0.4) is 0 Å². The van der Waals surface area contributed by atoms with Crippen molar-refractivity contribution >= 4 is 10.8 Å². The summed E-state index contributed by atoms with van der Waals surface area (Å²) in [5.41, 5.74) is 2.20. The van der Waals surface area contributed by atoms with E-state index in [0.717, 1.165) is 16.3 Å². The lowest BCUT2D eigenvalue weighted by Gasteiger charge is -2.09. The third kappa shape index (κ3) is 1.70.